The zero-order chi connectivity index (χ0) is 9.14. The second-order valence-electron chi connectivity index (χ2n) is 2.82. The highest BCUT2D eigenvalue weighted by Gasteiger charge is 2.00. The van der Waals surface area contributed by atoms with Crippen LogP contribution in [0, 0.1) is 0 Å². The smallest absolute Gasteiger partial charge is 0.129 e. The lowest BCUT2D eigenvalue weighted by molar-refractivity contribution is 0.242. The molecule has 4 nitrogen and oxygen atoms in total. The predicted octanol–water partition coefficient (Wildman–Crippen LogP) is 1.03. The highest BCUT2D eigenvalue weighted by molar-refractivity contribution is 5.46. The molecule has 0 aliphatic carbocycles. The van der Waals surface area contributed by atoms with Crippen molar-refractivity contribution < 1.29 is 4.74 Å². The number of pyridine rings is 1. The maximum absolute atomic E-state index is 5.46. The van der Waals surface area contributed by atoms with Gasteiger partial charge in [-0.15, -0.1) is 0 Å². The van der Waals surface area contributed by atoms with Gasteiger partial charge in [-0.2, -0.15) is 0 Å². The first-order valence-corrected chi connectivity index (χ1v) is 3.77. The van der Waals surface area contributed by atoms with Crippen LogP contribution in [0.3, 0.4) is 0 Å². The largest absolute Gasteiger partial charge is 0.491 e. The number of hydrogen-bond donors (Lipinski definition) is 2. The lowest BCUT2D eigenvalue weighted by Crippen LogP contribution is -2.07. The fourth-order valence-corrected chi connectivity index (χ4v) is 0.887. The summed E-state index contributed by atoms with van der Waals surface area (Å²) in [5.74, 6) is 1.42. The molecule has 1 aromatic heterocycles. The zero-order valence-electron chi connectivity index (χ0n) is 7.24. The molecule has 0 radical (unpaired) electrons. The van der Waals surface area contributed by atoms with Crippen LogP contribution in [0.2, 0.25) is 0 Å². The summed E-state index contributed by atoms with van der Waals surface area (Å²) in [6.07, 6.45) is 0.117. The number of hydrogen-bond acceptors (Lipinski definition) is 4. The fraction of sp³-hybridized carbons (Fsp3) is 0.375. The highest BCUT2D eigenvalue weighted by Crippen LogP contribution is 2.17. The van der Waals surface area contributed by atoms with Crippen molar-refractivity contribution in [2.24, 2.45) is 0 Å². The molecule has 1 rings (SSSR count). The van der Waals surface area contributed by atoms with Gasteiger partial charge in [0, 0.05) is 12.1 Å². The van der Waals surface area contributed by atoms with E-state index in [1.807, 2.05) is 13.8 Å². The van der Waals surface area contributed by atoms with Crippen LogP contribution >= 0.6 is 0 Å². The van der Waals surface area contributed by atoms with Crippen molar-refractivity contribution in [3.8, 4) is 5.75 Å². The molecule has 0 amide bonds. The molecule has 0 fully saturated rings. The van der Waals surface area contributed by atoms with Crippen LogP contribution in [-0.4, -0.2) is 11.1 Å². The molecule has 66 valence electrons. The van der Waals surface area contributed by atoms with E-state index in [-0.39, 0.29) is 6.10 Å². The van der Waals surface area contributed by atoms with E-state index in [0.717, 1.165) is 0 Å². The number of nitrogens with zero attached hydrogens (tertiary/aromatic N) is 1. The van der Waals surface area contributed by atoms with E-state index >= 15 is 0 Å². The van der Waals surface area contributed by atoms with Crippen molar-refractivity contribution in [3.05, 3.63) is 12.1 Å². The summed E-state index contributed by atoms with van der Waals surface area (Å²) in [6, 6.07) is 3.30. The van der Waals surface area contributed by atoms with Crippen molar-refractivity contribution in [1.29, 1.82) is 0 Å². The van der Waals surface area contributed by atoms with Gasteiger partial charge in [-0.3, -0.25) is 0 Å². The minimum Gasteiger partial charge on any atom is -0.491 e. The molecule has 0 saturated carbocycles. The molecule has 1 aromatic rings. The van der Waals surface area contributed by atoms with Gasteiger partial charge in [-0.05, 0) is 13.8 Å². The summed E-state index contributed by atoms with van der Waals surface area (Å²) in [7, 11) is 0. The first kappa shape index (κ1) is 8.64. The Hall–Kier alpha value is -1.45. The molecule has 0 saturated heterocycles. The molecule has 12 heavy (non-hydrogen) atoms. The second kappa shape index (κ2) is 3.30. The van der Waals surface area contributed by atoms with Crippen molar-refractivity contribution in [1.82, 2.24) is 4.98 Å². The van der Waals surface area contributed by atoms with Crippen LogP contribution in [0.15, 0.2) is 12.1 Å². The molecule has 0 aliphatic heterocycles. The Labute approximate surface area is 71.5 Å². The molecular weight excluding hydrogens is 154 g/mol. The second-order valence-corrected chi connectivity index (χ2v) is 2.82. The quantitative estimate of drug-likeness (QED) is 0.690. The average molecular weight is 167 g/mol. The van der Waals surface area contributed by atoms with Crippen molar-refractivity contribution in [2.45, 2.75) is 20.0 Å². The van der Waals surface area contributed by atoms with Gasteiger partial charge >= 0.3 is 0 Å². The molecule has 4 N–H and O–H groups in total. The summed E-state index contributed by atoms with van der Waals surface area (Å²) in [6.45, 7) is 3.87. The summed E-state index contributed by atoms with van der Waals surface area (Å²) < 4.78 is 5.38. The van der Waals surface area contributed by atoms with Gasteiger partial charge in [0.2, 0.25) is 0 Å². The molecule has 0 aliphatic rings. The number of rotatable bonds is 2. The first-order chi connectivity index (χ1) is 5.58. The SMILES string of the molecule is CC(C)Oc1cc(N)nc(N)c1. The number of nitrogen functional groups attached to an aromatic ring is 2. The standard InChI is InChI=1S/C8H13N3O/c1-5(2)12-6-3-7(9)11-8(10)4-6/h3-5H,1-2H3,(H4,9,10,11). The Morgan fingerprint density at radius 1 is 1.25 bits per heavy atom. The van der Waals surface area contributed by atoms with Crippen LogP contribution < -0.4 is 16.2 Å². The molecule has 0 bridgehead atoms. The maximum Gasteiger partial charge on any atom is 0.129 e. The van der Waals surface area contributed by atoms with Gasteiger partial charge < -0.3 is 16.2 Å². The molecule has 0 unspecified atom stereocenters. The van der Waals surface area contributed by atoms with Crippen LogP contribution in [0.4, 0.5) is 11.6 Å². The third-order valence-electron chi connectivity index (χ3n) is 1.21. The van der Waals surface area contributed by atoms with E-state index in [1.54, 1.807) is 12.1 Å². The fourth-order valence-electron chi connectivity index (χ4n) is 0.887. The lowest BCUT2D eigenvalue weighted by atomic mass is 10.4. The summed E-state index contributed by atoms with van der Waals surface area (Å²) >= 11 is 0. The van der Waals surface area contributed by atoms with Crippen molar-refractivity contribution >= 4 is 11.6 Å². The van der Waals surface area contributed by atoms with Crippen LogP contribution in [0.5, 0.6) is 5.75 Å². The molecule has 0 spiro atoms. The van der Waals surface area contributed by atoms with Gasteiger partial charge in [-0.1, -0.05) is 0 Å². The van der Waals surface area contributed by atoms with Crippen molar-refractivity contribution in [3.63, 3.8) is 0 Å². The van der Waals surface area contributed by atoms with E-state index in [0.29, 0.717) is 17.4 Å². The minimum absolute atomic E-state index is 0.117. The maximum atomic E-state index is 5.46. The average Bonchev–Trinajstić information content (AvgIpc) is 1.81. The van der Waals surface area contributed by atoms with Crippen molar-refractivity contribution in [2.75, 3.05) is 11.5 Å². The third-order valence-corrected chi connectivity index (χ3v) is 1.21. The van der Waals surface area contributed by atoms with Gasteiger partial charge in [0.1, 0.15) is 17.4 Å². The Kier molecular flexibility index (Phi) is 2.38. The Morgan fingerprint density at radius 3 is 2.17 bits per heavy atom. The van der Waals surface area contributed by atoms with Gasteiger partial charge in [0.05, 0.1) is 6.10 Å². The van der Waals surface area contributed by atoms with E-state index in [1.165, 1.54) is 0 Å². The van der Waals surface area contributed by atoms with Crippen LogP contribution in [0.25, 0.3) is 0 Å². The van der Waals surface area contributed by atoms with E-state index in [9.17, 15) is 0 Å². The van der Waals surface area contributed by atoms with Crippen LogP contribution in [-0.2, 0) is 0 Å². The number of anilines is 2. The van der Waals surface area contributed by atoms with E-state index in [2.05, 4.69) is 4.98 Å². The third kappa shape index (κ3) is 2.30. The molecule has 1 heterocycles. The van der Waals surface area contributed by atoms with Crippen LogP contribution in [0.1, 0.15) is 13.8 Å². The summed E-state index contributed by atoms with van der Waals surface area (Å²) in [4.78, 5) is 3.82. The van der Waals surface area contributed by atoms with Gasteiger partial charge in [0.25, 0.3) is 0 Å². The van der Waals surface area contributed by atoms with E-state index in [4.69, 9.17) is 16.2 Å². The van der Waals surface area contributed by atoms with Gasteiger partial charge in [0.15, 0.2) is 0 Å². The normalized spacial score (nSPS) is 10.2. The highest BCUT2D eigenvalue weighted by atomic mass is 16.5. The number of nitrogens with two attached hydrogens (primary N) is 2. The molecule has 4 heteroatoms. The summed E-state index contributed by atoms with van der Waals surface area (Å²) in [5, 5.41) is 0. The summed E-state index contributed by atoms with van der Waals surface area (Å²) in [5.41, 5.74) is 10.9. The topological polar surface area (TPSA) is 74.2 Å². The van der Waals surface area contributed by atoms with Gasteiger partial charge in [-0.25, -0.2) is 4.98 Å². The number of aromatic nitrogens is 1. The minimum atomic E-state index is 0.117. The van der Waals surface area contributed by atoms with E-state index < -0.39 is 0 Å². The molecule has 0 atom stereocenters. The Bertz CT molecular complexity index is 253. The number of ether oxygens (including phenoxy) is 1. The monoisotopic (exact) mass is 167 g/mol. The zero-order valence-corrected chi connectivity index (χ0v) is 7.24. The Morgan fingerprint density at radius 2 is 1.75 bits per heavy atom. The molecule has 0 aromatic carbocycles. The Balaban J connectivity index is 2.85. The first-order valence-electron chi connectivity index (χ1n) is 3.77. The lowest BCUT2D eigenvalue weighted by Gasteiger charge is -2.09. The molecular formula is C8H13N3O. The predicted molar refractivity (Wildman–Crippen MR) is 48.8 cm³/mol.